The fraction of sp³-hybridized carbons (Fsp3) is 0.436. The number of rotatable bonds is 15. The monoisotopic (exact) mass is 640 g/mol. The van der Waals surface area contributed by atoms with Crippen LogP contribution in [0.4, 0.5) is 0 Å². The minimum atomic E-state index is -0.896. The van der Waals surface area contributed by atoms with Crippen LogP contribution >= 0.6 is 0 Å². The van der Waals surface area contributed by atoms with Crippen molar-refractivity contribution in [1.82, 2.24) is 10.2 Å². The number of benzene rings is 3. The highest BCUT2D eigenvalue weighted by molar-refractivity contribution is 5.76. The van der Waals surface area contributed by atoms with E-state index in [4.69, 9.17) is 14.6 Å². The molecule has 1 aliphatic heterocycles. The summed E-state index contributed by atoms with van der Waals surface area (Å²) in [4.78, 5) is 25.5. The Labute approximate surface area is 278 Å². The van der Waals surface area contributed by atoms with Gasteiger partial charge in [-0.25, -0.2) is 0 Å². The first-order valence-electron chi connectivity index (χ1n) is 16.9. The van der Waals surface area contributed by atoms with Crippen molar-refractivity contribution in [2.24, 2.45) is 5.92 Å². The maximum atomic E-state index is 12.2. The SMILES string of the molecule is C=CCN(C[C@H]1O[C@@H](c2cccc(-c3cccc(CNC(=O)CCCC(=O)O)c3)c2)O[C@@H](c2ccc(CO)cc2)[C@H]1C)C1CCCC1. The van der Waals surface area contributed by atoms with E-state index in [1.165, 1.54) is 25.7 Å². The lowest BCUT2D eigenvalue weighted by molar-refractivity contribution is -0.276. The summed E-state index contributed by atoms with van der Waals surface area (Å²) in [5.41, 5.74) is 5.86. The lowest BCUT2D eigenvalue weighted by Crippen LogP contribution is -2.47. The molecule has 0 bridgehead atoms. The van der Waals surface area contributed by atoms with Crippen LogP contribution in [-0.2, 0) is 32.2 Å². The number of carbonyl (C=O) groups excluding carboxylic acids is 1. The standard InChI is InChI=1S/C39H48N2O6/c1-3-21-41(34-13-4-5-14-34)25-35-27(2)38(30-19-17-28(26-42)18-20-30)47-39(46-35)33-12-7-11-32(23-33)31-10-6-9-29(22-31)24-40-36(43)15-8-16-37(44)45/h3,6-7,9-12,17-20,22-23,27,34-35,38-39,42H,1,4-5,8,13-16,21,24-26H2,2H3,(H,40,43)(H,44,45)/t27-,35+,38+,39+/m0/s1. The molecular formula is C39H48N2O6. The van der Waals surface area contributed by atoms with Gasteiger partial charge in [0.2, 0.25) is 5.91 Å². The molecule has 0 unspecified atom stereocenters. The number of aliphatic carboxylic acids is 1. The van der Waals surface area contributed by atoms with Crippen molar-refractivity contribution in [3.8, 4) is 11.1 Å². The third-order valence-corrected chi connectivity index (χ3v) is 9.45. The fourth-order valence-corrected chi connectivity index (χ4v) is 6.78. The number of carbonyl (C=O) groups is 2. The first-order valence-corrected chi connectivity index (χ1v) is 16.9. The first-order chi connectivity index (χ1) is 22.8. The zero-order chi connectivity index (χ0) is 33.2. The molecule has 3 N–H and O–H groups in total. The number of aliphatic hydroxyl groups excluding tert-OH is 1. The molecule has 1 aliphatic carbocycles. The Balaban J connectivity index is 1.35. The Kier molecular flexibility index (Phi) is 12.4. The van der Waals surface area contributed by atoms with Crippen LogP contribution in [0.3, 0.4) is 0 Å². The zero-order valence-electron chi connectivity index (χ0n) is 27.4. The van der Waals surface area contributed by atoms with Gasteiger partial charge < -0.3 is 25.0 Å². The van der Waals surface area contributed by atoms with E-state index in [1.54, 1.807) is 0 Å². The van der Waals surface area contributed by atoms with E-state index in [0.29, 0.717) is 19.0 Å². The lowest BCUT2D eigenvalue weighted by Gasteiger charge is -2.43. The van der Waals surface area contributed by atoms with Crippen molar-refractivity contribution in [1.29, 1.82) is 0 Å². The summed E-state index contributed by atoms with van der Waals surface area (Å²) in [5.74, 6) is -0.957. The van der Waals surface area contributed by atoms with E-state index in [2.05, 4.69) is 54.1 Å². The highest BCUT2D eigenvalue weighted by Crippen LogP contribution is 2.43. The molecule has 1 saturated carbocycles. The molecule has 47 heavy (non-hydrogen) atoms. The van der Waals surface area contributed by atoms with Gasteiger partial charge in [0.1, 0.15) is 0 Å². The Bertz CT molecular complexity index is 1480. The molecule has 8 heteroatoms. The summed E-state index contributed by atoms with van der Waals surface area (Å²) < 4.78 is 13.6. The molecule has 2 fully saturated rings. The number of carboxylic acid groups (broad SMARTS) is 1. The van der Waals surface area contributed by atoms with Gasteiger partial charge in [0.05, 0.1) is 18.8 Å². The largest absolute Gasteiger partial charge is 0.481 e. The maximum absolute atomic E-state index is 12.2. The van der Waals surface area contributed by atoms with Gasteiger partial charge in [0.25, 0.3) is 0 Å². The van der Waals surface area contributed by atoms with Crippen molar-refractivity contribution < 1.29 is 29.3 Å². The highest BCUT2D eigenvalue weighted by Gasteiger charge is 2.40. The second-order valence-corrected chi connectivity index (χ2v) is 12.9. The van der Waals surface area contributed by atoms with Crippen LogP contribution in [0.1, 0.15) is 86.5 Å². The molecule has 1 amide bonds. The summed E-state index contributed by atoms with van der Waals surface area (Å²) in [6.45, 7) is 8.24. The molecule has 3 aromatic rings. The minimum Gasteiger partial charge on any atom is -0.481 e. The second-order valence-electron chi connectivity index (χ2n) is 12.9. The third-order valence-electron chi connectivity index (χ3n) is 9.45. The summed E-state index contributed by atoms with van der Waals surface area (Å²) in [5, 5.41) is 21.3. The van der Waals surface area contributed by atoms with Gasteiger partial charge in [-0.05, 0) is 59.2 Å². The summed E-state index contributed by atoms with van der Waals surface area (Å²) in [6.07, 6.45) is 6.60. The fourth-order valence-electron chi connectivity index (χ4n) is 6.78. The summed E-state index contributed by atoms with van der Waals surface area (Å²) in [6, 6.07) is 24.9. The van der Waals surface area contributed by atoms with E-state index < -0.39 is 12.3 Å². The van der Waals surface area contributed by atoms with Gasteiger partial charge in [0, 0.05) is 50.0 Å². The van der Waals surface area contributed by atoms with E-state index in [1.807, 2.05) is 48.5 Å². The number of carboxylic acids is 1. The number of nitrogens with zero attached hydrogens (tertiary/aromatic N) is 1. The van der Waals surface area contributed by atoms with E-state index >= 15 is 0 Å². The van der Waals surface area contributed by atoms with E-state index in [0.717, 1.165) is 46.5 Å². The predicted octanol–water partition coefficient (Wildman–Crippen LogP) is 6.94. The smallest absolute Gasteiger partial charge is 0.303 e. The molecule has 1 heterocycles. The van der Waals surface area contributed by atoms with Crippen LogP contribution in [0.2, 0.25) is 0 Å². The second kappa shape index (κ2) is 16.8. The molecule has 5 rings (SSSR count). The van der Waals surface area contributed by atoms with Crippen LogP contribution in [0.5, 0.6) is 0 Å². The van der Waals surface area contributed by atoms with Gasteiger partial charge in [0.15, 0.2) is 6.29 Å². The van der Waals surface area contributed by atoms with Gasteiger partial charge in [-0.15, -0.1) is 6.58 Å². The first kappa shape index (κ1) is 34.5. The zero-order valence-corrected chi connectivity index (χ0v) is 27.4. The molecule has 250 valence electrons. The van der Waals surface area contributed by atoms with Crippen molar-refractivity contribution in [2.75, 3.05) is 13.1 Å². The highest BCUT2D eigenvalue weighted by atomic mass is 16.7. The Morgan fingerprint density at radius 1 is 0.936 bits per heavy atom. The van der Waals surface area contributed by atoms with Crippen molar-refractivity contribution in [3.05, 3.63) is 108 Å². The number of ether oxygens (including phenoxy) is 2. The van der Waals surface area contributed by atoms with Gasteiger partial charge >= 0.3 is 5.97 Å². The molecule has 0 radical (unpaired) electrons. The molecule has 3 aromatic carbocycles. The molecule has 0 spiro atoms. The van der Waals surface area contributed by atoms with E-state index in [9.17, 15) is 14.7 Å². The lowest BCUT2D eigenvalue weighted by atomic mass is 9.89. The third kappa shape index (κ3) is 9.39. The van der Waals surface area contributed by atoms with Crippen LogP contribution < -0.4 is 5.32 Å². The Morgan fingerprint density at radius 2 is 1.66 bits per heavy atom. The number of hydrogen-bond acceptors (Lipinski definition) is 6. The van der Waals surface area contributed by atoms with Crippen molar-refractivity contribution >= 4 is 11.9 Å². The maximum Gasteiger partial charge on any atom is 0.303 e. The molecule has 0 aromatic heterocycles. The summed E-state index contributed by atoms with van der Waals surface area (Å²) in [7, 11) is 0. The number of aliphatic hydroxyl groups is 1. The van der Waals surface area contributed by atoms with Crippen molar-refractivity contribution in [3.63, 3.8) is 0 Å². The van der Waals surface area contributed by atoms with Crippen molar-refractivity contribution in [2.45, 2.75) is 89.6 Å². The average Bonchev–Trinajstić information content (AvgIpc) is 3.63. The van der Waals surface area contributed by atoms with Gasteiger partial charge in [-0.1, -0.05) is 86.5 Å². The van der Waals surface area contributed by atoms with Crippen LogP contribution in [0.25, 0.3) is 11.1 Å². The summed E-state index contributed by atoms with van der Waals surface area (Å²) >= 11 is 0. The number of amides is 1. The minimum absolute atomic E-state index is 0.000769. The molecule has 8 nitrogen and oxygen atoms in total. The number of hydrogen-bond donors (Lipinski definition) is 3. The molecule has 2 aliphatic rings. The molecule has 1 saturated heterocycles. The molecular weight excluding hydrogens is 592 g/mol. The normalized spacial score (nSPS) is 21.5. The van der Waals surface area contributed by atoms with Crippen LogP contribution in [-0.4, -0.2) is 52.2 Å². The quantitative estimate of drug-likeness (QED) is 0.155. The van der Waals surface area contributed by atoms with Gasteiger partial charge in [-0.2, -0.15) is 0 Å². The Hall–Kier alpha value is -3.82. The van der Waals surface area contributed by atoms with Crippen LogP contribution in [0.15, 0.2) is 85.5 Å². The van der Waals surface area contributed by atoms with Crippen LogP contribution in [0, 0.1) is 5.92 Å². The van der Waals surface area contributed by atoms with E-state index in [-0.39, 0.29) is 43.5 Å². The molecule has 4 atom stereocenters. The average molecular weight is 641 g/mol. The van der Waals surface area contributed by atoms with Gasteiger partial charge in [-0.3, -0.25) is 14.5 Å². The predicted molar refractivity (Wildman–Crippen MR) is 182 cm³/mol. The topological polar surface area (TPSA) is 108 Å². The Morgan fingerprint density at radius 3 is 2.36 bits per heavy atom. The number of nitrogens with one attached hydrogen (secondary N) is 1.